The largest absolute Gasteiger partial charge is 0.573 e. The lowest BCUT2D eigenvalue weighted by Gasteiger charge is -2.12. The zero-order chi connectivity index (χ0) is 14.8. The third-order valence-electron chi connectivity index (χ3n) is 2.90. The number of hydrogen-bond donors (Lipinski definition) is 1. The van der Waals surface area contributed by atoms with E-state index in [0.717, 1.165) is 17.5 Å². The Kier molecular flexibility index (Phi) is 3.88. The van der Waals surface area contributed by atoms with E-state index in [1.807, 2.05) is 31.2 Å². The molecule has 0 radical (unpaired) electrons. The summed E-state index contributed by atoms with van der Waals surface area (Å²) in [5.74, 6) is -0.274. The molecule has 106 valence electrons. The van der Waals surface area contributed by atoms with Gasteiger partial charge in [-0.15, -0.1) is 13.2 Å². The van der Waals surface area contributed by atoms with Crippen molar-refractivity contribution in [1.82, 2.24) is 0 Å². The molecule has 0 fully saturated rings. The average molecular weight is 281 g/mol. The number of nitrogens with two attached hydrogens (primary N) is 1. The van der Waals surface area contributed by atoms with E-state index in [-0.39, 0.29) is 5.75 Å². The second kappa shape index (κ2) is 5.45. The molecule has 0 unspecified atom stereocenters. The van der Waals surface area contributed by atoms with Gasteiger partial charge in [-0.05, 0) is 35.7 Å². The highest BCUT2D eigenvalue weighted by Gasteiger charge is 2.31. The minimum atomic E-state index is -4.71. The Balaban J connectivity index is 2.42. The highest BCUT2D eigenvalue weighted by Crippen LogP contribution is 2.32. The summed E-state index contributed by atoms with van der Waals surface area (Å²) >= 11 is 0. The topological polar surface area (TPSA) is 35.2 Å². The molecular formula is C15H14F3NO. The summed E-state index contributed by atoms with van der Waals surface area (Å²) in [4.78, 5) is 0. The van der Waals surface area contributed by atoms with Crippen molar-refractivity contribution in [2.75, 3.05) is 5.73 Å². The van der Waals surface area contributed by atoms with Gasteiger partial charge in [-0.3, -0.25) is 0 Å². The molecular weight excluding hydrogens is 267 g/mol. The molecule has 2 aromatic carbocycles. The van der Waals surface area contributed by atoms with E-state index in [1.54, 1.807) is 0 Å². The molecule has 5 heteroatoms. The molecule has 0 saturated carbocycles. The Bertz CT molecular complexity index is 608. The molecule has 0 bridgehead atoms. The molecule has 0 saturated heterocycles. The highest BCUT2D eigenvalue weighted by atomic mass is 19.4. The zero-order valence-corrected chi connectivity index (χ0v) is 10.9. The molecule has 0 spiro atoms. The van der Waals surface area contributed by atoms with Crippen LogP contribution in [-0.2, 0) is 6.42 Å². The van der Waals surface area contributed by atoms with E-state index in [2.05, 4.69) is 4.74 Å². The van der Waals surface area contributed by atoms with Crippen molar-refractivity contribution in [3.63, 3.8) is 0 Å². The Morgan fingerprint density at radius 3 is 2.50 bits per heavy atom. The average Bonchev–Trinajstić information content (AvgIpc) is 2.39. The van der Waals surface area contributed by atoms with Crippen molar-refractivity contribution in [2.45, 2.75) is 19.7 Å². The van der Waals surface area contributed by atoms with Gasteiger partial charge in [-0.25, -0.2) is 0 Å². The highest BCUT2D eigenvalue weighted by molar-refractivity contribution is 5.77. The van der Waals surface area contributed by atoms with Gasteiger partial charge in [0.1, 0.15) is 5.75 Å². The van der Waals surface area contributed by atoms with Crippen molar-refractivity contribution in [1.29, 1.82) is 0 Å². The van der Waals surface area contributed by atoms with Gasteiger partial charge in [0, 0.05) is 11.3 Å². The summed E-state index contributed by atoms with van der Waals surface area (Å²) < 4.78 is 40.6. The van der Waals surface area contributed by atoms with Gasteiger partial charge in [0.2, 0.25) is 0 Å². The molecule has 2 N–H and O–H groups in total. The van der Waals surface area contributed by atoms with Crippen LogP contribution in [0.3, 0.4) is 0 Å². The second-order valence-electron chi connectivity index (χ2n) is 4.35. The first-order valence-electron chi connectivity index (χ1n) is 6.13. The number of hydrogen-bond acceptors (Lipinski definition) is 2. The molecule has 0 aliphatic carbocycles. The van der Waals surface area contributed by atoms with Crippen molar-refractivity contribution in [2.24, 2.45) is 0 Å². The van der Waals surface area contributed by atoms with Crippen LogP contribution in [-0.4, -0.2) is 6.36 Å². The molecule has 0 aromatic heterocycles. The van der Waals surface area contributed by atoms with E-state index in [1.165, 1.54) is 18.2 Å². The predicted molar refractivity (Wildman–Crippen MR) is 72.4 cm³/mol. The summed E-state index contributed by atoms with van der Waals surface area (Å²) in [7, 11) is 0. The van der Waals surface area contributed by atoms with Crippen LogP contribution in [0.5, 0.6) is 5.75 Å². The summed E-state index contributed by atoms with van der Waals surface area (Å²) in [6, 6.07) is 11.4. The summed E-state index contributed by atoms with van der Waals surface area (Å²) in [6.45, 7) is 2.01. The van der Waals surface area contributed by atoms with Gasteiger partial charge in [0.05, 0.1) is 0 Å². The van der Waals surface area contributed by atoms with Gasteiger partial charge < -0.3 is 10.5 Å². The number of benzene rings is 2. The number of alkyl halides is 3. The third-order valence-corrected chi connectivity index (χ3v) is 2.90. The van der Waals surface area contributed by atoms with E-state index in [9.17, 15) is 13.2 Å². The van der Waals surface area contributed by atoms with Crippen LogP contribution in [0, 0.1) is 0 Å². The van der Waals surface area contributed by atoms with Crippen LogP contribution in [0.15, 0.2) is 42.5 Å². The first-order chi connectivity index (χ1) is 9.39. The number of ether oxygens (including phenoxy) is 1. The number of anilines is 1. The normalized spacial score (nSPS) is 11.4. The first-order valence-corrected chi connectivity index (χ1v) is 6.13. The van der Waals surface area contributed by atoms with Gasteiger partial charge in [0.25, 0.3) is 0 Å². The van der Waals surface area contributed by atoms with Crippen LogP contribution in [0.2, 0.25) is 0 Å². The Hall–Kier alpha value is -2.17. The molecule has 2 aromatic rings. The summed E-state index contributed by atoms with van der Waals surface area (Å²) in [5.41, 5.74) is 8.64. The minimum absolute atomic E-state index is 0.274. The Morgan fingerprint density at radius 2 is 1.85 bits per heavy atom. The third kappa shape index (κ3) is 3.44. The summed E-state index contributed by atoms with van der Waals surface area (Å²) in [6.07, 6.45) is -3.87. The summed E-state index contributed by atoms with van der Waals surface area (Å²) in [5, 5.41) is 0. The van der Waals surface area contributed by atoms with E-state index >= 15 is 0 Å². The van der Waals surface area contributed by atoms with Crippen LogP contribution in [0.4, 0.5) is 18.9 Å². The number of aryl methyl sites for hydroxylation is 1. The lowest BCUT2D eigenvalue weighted by atomic mass is 10.0. The molecule has 2 rings (SSSR count). The first kappa shape index (κ1) is 14.2. The SMILES string of the molecule is CCc1cccc(-c2cc(OC(F)(F)F)ccc2N)c1. The van der Waals surface area contributed by atoms with Crippen molar-refractivity contribution >= 4 is 5.69 Å². The van der Waals surface area contributed by atoms with Gasteiger partial charge >= 0.3 is 6.36 Å². The second-order valence-corrected chi connectivity index (χ2v) is 4.35. The van der Waals surface area contributed by atoms with Gasteiger partial charge in [-0.1, -0.05) is 31.2 Å². The number of halogens is 3. The molecule has 2 nitrogen and oxygen atoms in total. The van der Waals surface area contributed by atoms with Crippen molar-refractivity contribution < 1.29 is 17.9 Å². The fourth-order valence-electron chi connectivity index (χ4n) is 1.94. The van der Waals surface area contributed by atoms with Crippen LogP contribution in [0.1, 0.15) is 12.5 Å². The van der Waals surface area contributed by atoms with Gasteiger partial charge in [0.15, 0.2) is 0 Å². The van der Waals surface area contributed by atoms with Crippen molar-refractivity contribution in [3.05, 3.63) is 48.0 Å². The standard InChI is InChI=1S/C15H14F3NO/c1-2-10-4-3-5-11(8-10)13-9-12(6-7-14(13)19)20-15(16,17)18/h3-9H,2,19H2,1H3. The fraction of sp³-hybridized carbons (Fsp3) is 0.200. The zero-order valence-electron chi connectivity index (χ0n) is 10.9. The quantitative estimate of drug-likeness (QED) is 0.846. The minimum Gasteiger partial charge on any atom is -0.406 e. The molecule has 0 atom stereocenters. The number of rotatable bonds is 3. The molecule has 0 aliphatic heterocycles. The fourth-order valence-corrected chi connectivity index (χ4v) is 1.94. The van der Waals surface area contributed by atoms with E-state index in [4.69, 9.17) is 5.73 Å². The Morgan fingerprint density at radius 1 is 1.10 bits per heavy atom. The van der Waals surface area contributed by atoms with Crippen molar-refractivity contribution in [3.8, 4) is 16.9 Å². The van der Waals surface area contributed by atoms with E-state index < -0.39 is 6.36 Å². The van der Waals surface area contributed by atoms with Gasteiger partial charge in [-0.2, -0.15) is 0 Å². The maximum absolute atomic E-state index is 12.2. The predicted octanol–water partition coefficient (Wildman–Crippen LogP) is 4.40. The lowest BCUT2D eigenvalue weighted by molar-refractivity contribution is -0.274. The Labute approximate surface area is 115 Å². The van der Waals surface area contributed by atoms with Crippen LogP contribution < -0.4 is 10.5 Å². The molecule has 20 heavy (non-hydrogen) atoms. The maximum Gasteiger partial charge on any atom is 0.573 e. The monoisotopic (exact) mass is 281 g/mol. The molecule has 0 heterocycles. The smallest absolute Gasteiger partial charge is 0.406 e. The maximum atomic E-state index is 12.2. The lowest BCUT2D eigenvalue weighted by Crippen LogP contribution is -2.17. The molecule has 0 aliphatic rings. The number of nitrogen functional groups attached to an aromatic ring is 1. The van der Waals surface area contributed by atoms with E-state index in [0.29, 0.717) is 11.3 Å². The molecule has 0 amide bonds. The van der Waals surface area contributed by atoms with Crippen LogP contribution in [0.25, 0.3) is 11.1 Å². The van der Waals surface area contributed by atoms with Crippen LogP contribution >= 0.6 is 0 Å².